The van der Waals surface area contributed by atoms with Crippen molar-refractivity contribution < 1.29 is 23.1 Å². The molecule has 166 valence electrons. The number of nitrogens with zero attached hydrogens (tertiary/aromatic N) is 3. The van der Waals surface area contributed by atoms with Gasteiger partial charge in [0.25, 0.3) is 0 Å². The molecule has 0 spiro atoms. The highest BCUT2D eigenvalue weighted by molar-refractivity contribution is 7.92. The molecule has 0 saturated heterocycles. The molecule has 2 aliphatic rings. The summed E-state index contributed by atoms with van der Waals surface area (Å²) < 4.78 is 32.4. The monoisotopic (exact) mass is 466 g/mol. The van der Waals surface area contributed by atoms with Crippen LogP contribution in [0.15, 0.2) is 41.6 Å². The van der Waals surface area contributed by atoms with Gasteiger partial charge in [-0.05, 0) is 56.4 Å². The second-order valence-corrected chi connectivity index (χ2v) is 10.1. The number of carboxylic acid groups (broad SMARTS) is 1. The highest BCUT2D eigenvalue weighted by atomic mass is 35.5. The molecule has 9 nitrogen and oxygen atoms in total. The number of halogens is 1. The third kappa shape index (κ3) is 5.36. The Labute approximate surface area is 185 Å². The number of hydrogen-bond acceptors (Lipinski definition) is 6. The van der Waals surface area contributed by atoms with E-state index >= 15 is 0 Å². The number of methoxy groups -OCH3 is 1. The summed E-state index contributed by atoms with van der Waals surface area (Å²) in [5.74, 6) is 0. The van der Waals surface area contributed by atoms with Gasteiger partial charge in [0.1, 0.15) is 5.54 Å². The van der Waals surface area contributed by atoms with Gasteiger partial charge in [0.05, 0.1) is 33.0 Å². The molecule has 2 atom stereocenters. The highest BCUT2D eigenvalue weighted by Gasteiger charge is 2.44. The Morgan fingerprint density at radius 2 is 2.16 bits per heavy atom. The lowest BCUT2D eigenvalue weighted by molar-refractivity contribution is 0.109. The Hall–Kier alpha value is -2.61. The number of ether oxygens (including phenoxy) is 1. The van der Waals surface area contributed by atoms with E-state index in [1.807, 2.05) is 6.07 Å². The molecule has 2 N–H and O–H groups in total. The third-order valence-electron chi connectivity index (χ3n) is 5.41. The summed E-state index contributed by atoms with van der Waals surface area (Å²) in [4.78, 5) is 10.1. The quantitative estimate of drug-likeness (QED) is 0.690. The van der Waals surface area contributed by atoms with Crippen molar-refractivity contribution in [2.45, 2.75) is 53.9 Å². The third-order valence-corrected chi connectivity index (χ3v) is 8.11. The van der Waals surface area contributed by atoms with Crippen LogP contribution < -0.4 is 5.32 Å². The van der Waals surface area contributed by atoms with Crippen molar-refractivity contribution in [1.29, 1.82) is 5.26 Å². The Kier molecular flexibility index (Phi) is 6.89. The van der Waals surface area contributed by atoms with Gasteiger partial charge in [-0.2, -0.15) is 10.4 Å². The van der Waals surface area contributed by atoms with Crippen molar-refractivity contribution >= 4 is 27.5 Å². The van der Waals surface area contributed by atoms with E-state index in [4.69, 9.17) is 26.7 Å². The molecule has 0 aliphatic heterocycles. The van der Waals surface area contributed by atoms with Gasteiger partial charge in [0.15, 0.2) is 9.84 Å². The minimum Gasteiger partial charge on any atom is -0.465 e. The molecule has 1 amide bonds. The molecule has 1 aromatic carbocycles. The van der Waals surface area contributed by atoms with E-state index in [9.17, 15) is 13.2 Å². The maximum Gasteiger partial charge on any atom is 0.405 e. The first kappa shape index (κ1) is 23.1. The summed E-state index contributed by atoms with van der Waals surface area (Å²) in [6.07, 6.45) is 5.53. The van der Waals surface area contributed by atoms with Crippen LogP contribution >= 0.6 is 11.6 Å². The number of sulfone groups is 1. The largest absolute Gasteiger partial charge is 0.465 e. The fourth-order valence-corrected chi connectivity index (χ4v) is 5.81. The van der Waals surface area contributed by atoms with Crippen molar-refractivity contribution in [2.75, 3.05) is 7.11 Å². The van der Waals surface area contributed by atoms with Crippen molar-refractivity contribution in [3.8, 4) is 11.8 Å². The molecule has 0 radical (unpaired) electrons. The van der Waals surface area contributed by atoms with E-state index in [2.05, 4.69) is 10.4 Å². The molecule has 2 fully saturated rings. The van der Waals surface area contributed by atoms with E-state index in [-0.39, 0.29) is 16.0 Å². The Morgan fingerprint density at radius 1 is 1.42 bits per heavy atom. The maximum atomic E-state index is 12.8. The predicted octanol–water partition coefficient (Wildman–Crippen LogP) is 3.18. The van der Waals surface area contributed by atoms with Gasteiger partial charge in [0, 0.05) is 19.5 Å². The number of benzene rings is 1. The van der Waals surface area contributed by atoms with Gasteiger partial charge in [0.2, 0.25) is 0 Å². The van der Waals surface area contributed by atoms with Crippen LogP contribution in [0.3, 0.4) is 0 Å². The first-order valence-corrected chi connectivity index (χ1v) is 11.6. The van der Waals surface area contributed by atoms with Gasteiger partial charge in [-0.25, -0.2) is 17.9 Å². The number of aromatic nitrogens is 2. The van der Waals surface area contributed by atoms with Crippen molar-refractivity contribution in [2.24, 2.45) is 0 Å². The standard InChI is InChI=1S/C15H17ClN2O3S.C5H6N2O2/c1-21-12-4-5-13(10-12)22(19,20)15-6-3-11(9-14(15)16)18-8-2-7-17-18;6-3-5(1-2-5)7-4(8)9/h2-3,6-9,12-13H,4-5,10H2,1H3;7H,1-2H2,(H,8,9)/t12-,13-;/m0./s1. The molecule has 31 heavy (non-hydrogen) atoms. The Morgan fingerprint density at radius 3 is 2.61 bits per heavy atom. The second-order valence-electron chi connectivity index (χ2n) is 7.53. The summed E-state index contributed by atoms with van der Waals surface area (Å²) in [6.45, 7) is 0. The lowest BCUT2D eigenvalue weighted by Gasteiger charge is -2.14. The van der Waals surface area contributed by atoms with Crippen LogP contribution in [0.25, 0.3) is 5.69 Å². The number of hydrogen-bond donors (Lipinski definition) is 2. The molecular formula is C20H23ClN4O5S. The van der Waals surface area contributed by atoms with Crippen molar-refractivity contribution in [3.05, 3.63) is 41.7 Å². The lowest BCUT2D eigenvalue weighted by atomic mass is 10.3. The summed E-state index contributed by atoms with van der Waals surface area (Å²) >= 11 is 6.23. The van der Waals surface area contributed by atoms with Crippen LogP contribution in [-0.4, -0.2) is 53.4 Å². The molecule has 0 bridgehead atoms. The zero-order valence-electron chi connectivity index (χ0n) is 16.9. The minimum atomic E-state index is -3.44. The van der Waals surface area contributed by atoms with E-state index in [1.165, 1.54) is 0 Å². The zero-order valence-corrected chi connectivity index (χ0v) is 18.4. The zero-order chi connectivity index (χ0) is 22.6. The normalized spacial score (nSPS) is 21.5. The van der Waals surface area contributed by atoms with Gasteiger partial charge in [-0.1, -0.05) is 11.6 Å². The topological polar surface area (TPSA) is 134 Å². The fourth-order valence-electron chi connectivity index (χ4n) is 3.46. The molecular weight excluding hydrogens is 444 g/mol. The Balaban J connectivity index is 0.000000254. The first-order chi connectivity index (χ1) is 14.7. The number of rotatable bonds is 5. The Bertz CT molecular complexity index is 1080. The van der Waals surface area contributed by atoms with Crippen LogP contribution in [0.4, 0.5) is 4.79 Å². The maximum absolute atomic E-state index is 12.8. The number of nitriles is 1. The lowest BCUT2D eigenvalue weighted by Crippen LogP contribution is -2.33. The van der Waals surface area contributed by atoms with Crippen LogP contribution in [0, 0.1) is 11.3 Å². The summed E-state index contributed by atoms with van der Waals surface area (Å²) in [5.41, 5.74) is 0.00129. The van der Waals surface area contributed by atoms with E-state index in [0.29, 0.717) is 25.7 Å². The minimum absolute atomic E-state index is 0.0156. The molecule has 0 unspecified atom stereocenters. The average Bonchev–Trinajstić information content (AvgIpc) is 3.16. The molecule has 2 aromatic rings. The number of amides is 1. The number of nitrogens with one attached hydrogen (secondary N) is 1. The molecule has 4 rings (SSSR count). The van der Waals surface area contributed by atoms with E-state index in [1.54, 1.807) is 48.5 Å². The van der Waals surface area contributed by atoms with Crippen LogP contribution in [0.5, 0.6) is 0 Å². The molecule has 2 saturated carbocycles. The van der Waals surface area contributed by atoms with Gasteiger partial charge >= 0.3 is 6.09 Å². The summed E-state index contributed by atoms with van der Waals surface area (Å²) in [7, 11) is -1.82. The molecule has 11 heteroatoms. The van der Waals surface area contributed by atoms with Gasteiger partial charge in [-0.15, -0.1) is 0 Å². The molecule has 1 aromatic heterocycles. The molecule has 2 aliphatic carbocycles. The van der Waals surface area contributed by atoms with E-state index in [0.717, 1.165) is 12.1 Å². The number of carbonyl (C=O) groups is 1. The van der Waals surface area contributed by atoms with Gasteiger partial charge in [-0.3, -0.25) is 0 Å². The van der Waals surface area contributed by atoms with Crippen molar-refractivity contribution in [3.63, 3.8) is 0 Å². The summed E-state index contributed by atoms with van der Waals surface area (Å²) in [6, 6.07) is 8.60. The highest BCUT2D eigenvalue weighted by Crippen LogP contribution is 2.35. The fraction of sp³-hybridized carbons (Fsp3) is 0.450. The average molecular weight is 467 g/mol. The van der Waals surface area contributed by atoms with E-state index < -0.39 is 26.7 Å². The predicted molar refractivity (Wildman–Crippen MR) is 113 cm³/mol. The molecule has 1 heterocycles. The second kappa shape index (κ2) is 9.26. The van der Waals surface area contributed by atoms with Crippen LogP contribution in [0.1, 0.15) is 32.1 Å². The van der Waals surface area contributed by atoms with Crippen molar-refractivity contribution in [1.82, 2.24) is 15.1 Å². The van der Waals surface area contributed by atoms with Gasteiger partial charge < -0.3 is 15.2 Å². The van der Waals surface area contributed by atoms with Crippen LogP contribution in [-0.2, 0) is 14.6 Å². The first-order valence-electron chi connectivity index (χ1n) is 9.69. The summed E-state index contributed by atoms with van der Waals surface area (Å²) in [5, 5.41) is 22.5. The SMILES string of the molecule is CO[C@H]1CC[C@H](S(=O)(=O)c2ccc(-n3cccn3)cc2Cl)C1.N#CC1(NC(=O)O)CC1. The van der Waals surface area contributed by atoms with Crippen LogP contribution in [0.2, 0.25) is 5.02 Å². The smallest absolute Gasteiger partial charge is 0.405 e.